The first-order chi connectivity index (χ1) is 8.50. The Bertz CT molecular complexity index is 454. The molecule has 1 N–H and O–H groups in total. The Balaban J connectivity index is 2.48. The van der Waals surface area contributed by atoms with E-state index in [1.807, 2.05) is 0 Å². The van der Waals surface area contributed by atoms with Crippen molar-refractivity contribution >= 4 is 28.1 Å². The van der Waals surface area contributed by atoms with Gasteiger partial charge in [0.2, 0.25) is 0 Å². The monoisotopic (exact) mass is 290 g/mol. The molecule has 0 radical (unpaired) electrons. The van der Waals surface area contributed by atoms with Crippen molar-refractivity contribution in [3.8, 4) is 0 Å². The van der Waals surface area contributed by atoms with Crippen molar-refractivity contribution in [2.75, 3.05) is 18.6 Å². The second-order valence-corrected chi connectivity index (χ2v) is 5.80. The van der Waals surface area contributed by atoms with Crippen molar-refractivity contribution in [2.45, 2.75) is 13.0 Å². The van der Waals surface area contributed by atoms with E-state index in [9.17, 15) is 14.3 Å². The summed E-state index contributed by atoms with van der Waals surface area (Å²) < 4.78 is 10.8. The highest BCUT2D eigenvalue weighted by Gasteiger charge is 2.09. The minimum atomic E-state index is -0.783. The SMILES string of the molecule is CS(=O)CCCNCc1cc([N+](=O)[O-])ccc1Cl. The van der Waals surface area contributed by atoms with Crippen LogP contribution in [0.25, 0.3) is 0 Å². The first-order valence-electron chi connectivity index (χ1n) is 5.44. The highest BCUT2D eigenvalue weighted by molar-refractivity contribution is 7.84. The first kappa shape index (κ1) is 15.1. The van der Waals surface area contributed by atoms with E-state index in [1.54, 1.807) is 6.26 Å². The molecule has 0 saturated carbocycles. The Morgan fingerprint density at radius 2 is 2.22 bits per heavy atom. The highest BCUT2D eigenvalue weighted by atomic mass is 35.5. The molecule has 1 rings (SSSR count). The predicted octanol–water partition coefficient (Wildman–Crippen LogP) is 2.11. The molecule has 0 aliphatic carbocycles. The fourth-order valence-electron chi connectivity index (χ4n) is 1.43. The molecule has 0 spiro atoms. The maximum absolute atomic E-state index is 10.8. The highest BCUT2D eigenvalue weighted by Crippen LogP contribution is 2.21. The van der Waals surface area contributed by atoms with Crippen LogP contribution in [0.5, 0.6) is 0 Å². The summed E-state index contributed by atoms with van der Waals surface area (Å²) in [7, 11) is -0.783. The van der Waals surface area contributed by atoms with Crippen molar-refractivity contribution in [3.05, 3.63) is 38.9 Å². The number of halogens is 1. The van der Waals surface area contributed by atoms with Gasteiger partial charge in [-0.05, 0) is 24.6 Å². The van der Waals surface area contributed by atoms with Gasteiger partial charge < -0.3 is 5.32 Å². The Hall–Kier alpha value is -0.980. The summed E-state index contributed by atoms with van der Waals surface area (Å²) in [5.41, 5.74) is 0.731. The van der Waals surface area contributed by atoms with E-state index in [0.717, 1.165) is 6.42 Å². The molecule has 18 heavy (non-hydrogen) atoms. The normalized spacial score (nSPS) is 12.3. The number of hydrogen-bond acceptors (Lipinski definition) is 4. The number of nitrogens with zero attached hydrogens (tertiary/aromatic N) is 1. The third-order valence-electron chi connectivity index (χ3n) is 2.34. The zero-order valence-electron chi connectivity index (χ0n) is 10.0. The van der Waals surface area contributed by atoms with Crippen LogP contribution in [-0.4, -0.2) is 27.7 Å². The number of non-ortho nitro benzene ring substituents is 1. The van der Waals surface area contributed by atoms with Crippen molar-refractivity contribution in [2.24, 2.45) is 0 Å². The maximum Gasteiger partial charge on any atom is 0.269 e. The number of nitrogens with one attached hydrogen (secondary N) is 1. The van der Waals surface area contributed by atoms with E-state index in [-0.39, 0.29) is 5.69 Å². The van der Waals surface area contributed by atoms with Gasteiger partial charge in [-0.3, -0.25) is 14.3 Å². The zero-order chi connectivity index (χ0) is 13.5. The van der Waals surface area contributed by atoms with Crippen molar-refractivity contribution in [1.29, 1.82) is 0 Å². The second-order valence-electron chi connectivity index (χ2n) is 3.84. The molecule has 7 heteroatoms. The molecule has 1 unspecified atom stereocenters. The molecule has 0 saturated heterocycles. The van der Waals surface area contributed by atoms with Crippen LogP contribution in [0, 0.1) is 10.1 Å². The van der Waals surface area contributed by atoms with Gasteiger partial charge in [-0.2, -0.15) is 0 Å². The van der Waals surface area contributed by atoms with E-state index >= 15 is 0 Å². The number of hydrogen-bond donors (Lipinski definition) is 1. The lowest BCUT2D eigenvalue weighted by atomic mass is 10.2. The zero-order valence-corrected chi connectivity index (χ0v) is 11.6. The minimum absolute atomic E-state index is 0.0332. The molecule has 1 aromatic carbocycles. The second kappa shape index (κ2) is 7.45. The molecule has 0 aromatic heterocycles. The van der Waals surface area contributed by atoms with E-state index in [2.05, 4.69) is 5.32 Å². The van der Waals surface area contributed by atoms with Crippen LogP contribution in [0.4, 0.5) is 5.69 Å². The first-order valence-corrected chi connectivity index (χ1v) is 7.55. The topological polar surface area (TPSA) is 72.2 Å². The number of rotatable bonds is 7. The quantitative estimate of drug-likeness (QED) is 0.474. The number of benzene rings is 1. The maximum atomic E-state index is 10.8. The van der Waals surface area contributed by atoms with Gasteiger partial charge >= 0.3 is 0 Å². The van der Waals surface area contributed by atoms with Gasteiger partial charge in [-0.25, -0.2) is 0 Å². The lowest BCUT2D eigenvalue weighted by molar-refractivity contribution is -0.384. The van der Waals surface area contributed by atoms with Crippen LogP contribution in [0.2, 0.25) is 5.02 Å². The van der Waals surface area contributed by atoms with Crippen molar-refractivity contribution < 1.29 is 9.13 Å². The third-order valence-corrected chi connectivity index (χ3v) is 3.57. The van der Waals surface area contributed by atoms with Gasteiger partial charge in [-0.15, -0.1) is 0 Å². The average Bonchev–Trinajstić information content (AvgIpc) is 2.30. The smallest absolute Gasteiger partial charge is 0.269 e. The Kier molecular flexibility index (Phi) is 6.24. The molecule has 1 aromatic rings. The van der Waals surface area contributed by atoms with Crippen LogP contribution in [0.15, 0.2) is 18.2 Å². The van der Waals surface area contributed by atoms with Crippen LogP contribution in [-0.2, 0) is 17.3 Å². The van der Waals surface area contributed by atoms with Gasteiger partial charge in [0.25, 0.3) is 5.69 Å². The van der Waals surface area contributed by atoms with Crippen LogP contribution >= 0.6 is 11.6 Å². The third kappa shape index (κ3) is 5.12. The summed E-state index contributed by atoms with van der Waals surface area (Å²) in [6.45, 7) is 1.18. The van der Waals surface area contributed by atoms with Crippen molar-refractivity contribution in [1.82, 2.24) is 5.32 Å². The Labute approximate surface area is 113 Å². The molecule has 0 amide bonds. The Morgan fingerprint density at radius 3 is 2.83 bits per heavy atom. The summed E-state index contributed by atoms with van der Waals surface area (Å²) in [5, 5.41) is 14.3. The molecule has 1 atom stereocenters. The lowest BCUT2D eigenvalue weighted by Crippen LogP contribution is -2.16. The largest absolute Gasteiger partial charge is 0.313 e. The minimum Gasteiger partial charge on any atom is -0.313 e. The van der Waals surface area contributed by atoms with Gasteiger partial charge in [0, 0.05) is 46.5 Å². The van der Waals surface area contributed by atoms with Crippen LogP contribution in [0.1, 0.15) is 12.0 Å². The molecule has 0 aliphatic heterocycles. The lowest BCUT2D eigenvalue weighted by Gasteiger charge is -2.06. The molecule has 100 valence electrons. The van der Waals surface area contributed by atoms with Crippen LogP contribution < -0.4 is 5.32 Å². The van der Waals surface area contributed by atoms with E-state index < -0.39 is 15.7 Å². The van der Waals surface area contributed by atoms with E-state index in [1.165, 1.54) is 18.2 Å². The molecule has 5 nitrogen and oxygen atoms in total. The van der Waals surface area contributed by atoms with E-state index in [4.69, 9.17) is 11.6 Å². The summed E-state index contributed by atoms with van der Waals surface area (Å²) in [4.78, 5) is 10.2. The average molecular weight is 291 g/mol. The standard InChI is InChI=1S/C11H15ClN2O3S/c1-18(17)6-2-5-13-8-9-7-10(14(15)16)3-4-11(9)12/h3-4,7,13H,2,5-6,8H2,1H3. The van der Waals surface area contributed by atoms with Crippen LogP contribution in [0.3, 0.4) is 0 Å². The predicted molar refractivity (Wildman–Crippen MR) is 73.4 cm³/mol. The van der Waals surface area contributed by atoms with Gasteiger partial charge in [0.05, 0.1) is 4.92 Å². The van der Waals surface area contributed by atoms with Gasteiger partial charge in [0.1, 0.15) is 0 Å². The molecular formula is C11H15ClN2O3S. The van der Waals surface area contributed by atoms with E-state index in [0.29, 0.717) is 29.4 Å². The molecule has 0 aliphatic rings. The fourth-order valence-corrected chi connectivity index (χ4v) is 2.17. The Morgan fingerprint density at radius 1 is 1.50 bits per heavy atom. The molecule has 0 bridgehead atoms. The molecular weight excluding hydrogens is 276 g/mol. The number of nitro groups is 1. The summed E-state index contributed by atoms with van der Waals surface area (Å²) in [5.74, 6) is 0.648. The molecule has 0 fully saturated rings. The summed E-state index contributed by atoms with van der Waals surface area (Å²) >= 11 is 5.95. The summed E-state index contributed by atoms with van der Waals surface area (Å²) in [6.07, 6.45) is 2.47. The summed E-state index contributed by atoms with van der Waals surface area (Å²) in [6, 6.07) is 4.37. The molecule has 0 heterocycles. The van der Waals surface area contributed by atoms with Crippen molar-refractivity contribution in [3.63, 3.8) is 0 Å². The number of nitro benzene ring substituents is 1. The fraction of sp³-hybridized carbons (Fsp3) is 0.455. The van der Waals surface area contributed by atoms with Gasteiger partial charge in [-0.1, -0.05) is 11.6 Å². The van der Waals surface area contributed by atoms with Gasteiger partial charge in [0.15, 0.2) is 0 Å².